The summed E-state index contributed by atoms with van der Waals surface area (Å²) in [5.41, 5.74) is 0.542. The summed E-state index contributed by atoms with van der Waals surface area (Å²) in [4.78, 5) is 0. The fraction of sp³-hybridized carbons (Fsp3) is 1.00. The topological polar surface area (TPSA) is 0 Å². The minimum atomic E-state index is -6.00. The van der Waals surface area contributed by atoms with Crippen LogP contribution in [0.2, 0.25) is 0 Å². The molecule has 0 aliphatic rings. The van der Waals surface area contributed by atoms with Crippen molar-refractivity contribution in [2.45, 2.75) is 34.1 Å². The van der Waals surface area contributed by atoms with Crippen molar-refractivity contribution in [2.75, 3.05) is 0 Å². The SMILES string of the molecule is CCC(C)(C)C.F[B-](F)(F)F.F[B-](F)(F)F.F[B-](F)(F)F.[H-].[K+]. The number of hydrogen-bond donors (Lipinski definition) is 0. The van der Waals surface area contributed by atoms with Gasteiger partial charge in [-0.05, 0) is 5.41 Å². The molecule has 0 aliphatic carbocycles. The largest absolute Gasteiger partial charge is 1.00 e. The molecule has 22 heavy (non-hydrogen) atoms. The number of halogens is 12. The van der Waals surface area contributed by atoms with Crippen molar-refractivity contribution >= 4 is 21.8 Å². The summed E-state index contributed by atoms with van der Waals surface area (Å²) in [5, 5.41) is 0. The molecule has 0 radical (unpaired) electrons. The minimum absolute atomic E-state index is 0. The van der Waals surface area contributed by atoms with Gasteiger partial charge < -0.3 is 53.2 Å². The zero-order valence-corrected chi connectivity index (χ0v) is 15.6. The van der Waals surface area contributed by atoms with E-state index in [1.807, 2.05) is 0 Å². The second-order valence-electron chi connectivity index (χ2n) is 4.40. The molecular weight excluding hydrogens is 372 g/mol. The van der Waals surface area contributed by atoms with Gasteiger partial charge in [0, 0.05) is 0 Å². The molecule has 0 rings (SSSR count). The van der Waals surface area contributed by atoms with Gasteiger partial charge in [-0.2, -0.15) is 0 Å². The van der Waals surface area contributed by atoms with Crippen molar-refractivity contribution in [1.29, 1.82) is 0 Å². The molecule has 0 aromatic carbocycles. The predicted octanol–water partition coefficient (Wildman–Crippen LogP) is 3.46. The third kappa shape index (κ3) is 527. The molecule has 0 saturated carbocycles. The maximum absolute atomic E-state index is 9.75. The van der Waals surface area contributed by atoms with E-state index in [1.165, 1.54) is 6.42 Å². The van der Waals surface area contributed by atoms with Crippen LogP contribution in [0.25, 0.3) is 0 Å². The second-order valence-corrected chi connectivity index (χ2v) is 4.40. The zero-order chi connectivity index (χ0) is 18.7. The van der Waals surface area contributed by atoms with E-state index < -0.39 is 21.8 Å². The van der Waals surface area contributed by atoms with E-state index >= 15 is 0 Å². The van der Waals surface area contributed by atoms with Gasteiger partial charge in [0.1, 0.15) is 0 Å². The molecule has 0 atom stereocenters. The molecule has 0 bridgehead atoms. The Morgan fingerprint density at radius 1 is 0.591 bits per heavy atom. The summed E-state index contributed by atoms with van der Waals surface area (Å²) >= 11 is 0. The molecule has 0 aliphatic heterocycles. The van der Waals surface area contributed by atoms with E-state index in [4.69, 9.17) is 0 Å². The summed E-state index contributed by atoms with van der Waals surface area (Å²) < 4.78 is 117. The van der Waals surface area contributed by atoms with Gasteiger partial charge in [-0.25, -0.2) is 0 Å². The van der Waals surface area contributed by atoms with Crippen LogP contribution in [0.1, 0.15) is 35.5 Å². The summed E-state index contributed by atoms with van der Waals surface area (Å²) in [5.74, 6) is 0. The molecule has 0 aromatic rings. The minimum Gasteiger partial charge on any atom is -1.00 e. The maximum Gasteiger partial charge on any atom is 1.00 e. The van der Waals surface area contributed by atoms with Crippen molar-refractivity contribution in [3.63, 3.8) is 0 Å². The van der Waals surface area contributed by atoms with E-state index in [-0.39, 0.29) is 52.8 Å². The molecule has 0 N–H and O–H groups in total. The van der Waals surface area contributed by atoms with Gasteiger partial charge in [0.15, 0.2) is 0 Å². The average Bonchev–Trinajstić information content (AvgIpc) is 1.91. The predicted molar refractivity (Wildman–Crippen MR) is 61.4 cm³/mol. The molecule has 0 unspecified atom stereocenters. The first kappa shape index (κ1) is 34.4. The van der Waals surface area contributed by atoms with Crippen LogP contribution >= 0.6 is 0 Å². The van der Waals surface area contributed by atoms with E-state index in [1.54, 1.807) is 0 Å². The van der Waals surface area contributed by atoms with E-state index in [0.717, 1.165) is 0 Å². The van der Waals surface area contributed by atoms with Crippen LogP contribution in [-0.4, -0.2) is 21.8 Å². The standard InChI is InChI=1S/C6H14.3BF4.K.H/c1-5-6(2,3)4;3*2-1(3,4)5;;/h5H2,1-4H3;;;;;/q;3*-1;+1;-1. The van der Waals surface area contributed by atoms with E-state index in [2.05, 4.69) is 27.7 Å². The van der Waals surface area contributed by atoms with Crippen molar-refractivity contribution < 1.29 is 105 Å². The summed E-state index contributed by atoms with van der Waals surface area (Å²) in [6, 6.07) is 0. The van der Waals surface area contributed by atoms with Gasteiger partial charge in [-0.15, -0.1) is 0 Å². The molecule has 16 heteroatoms. The fourth-order valence-electron chi connectivity index (χ4n) is 0. The Bertz CT molecular complexity index is 188. The van der Waals surface area contributed by atoms with Crippen LogP contribution in [-0.2, 0) is 0 Å². The molecule has 0 fully saturated rings. The van der Waals surface area contributed by atoms with Crippen LogP contribution in [0.4, 0.5) is 51.8 Å². The molecule has 0 amide bonds. The molecule has 0 nitrogen and oxygen atoms in total. The molecular formula is C6H15B3F12K-3. The fourth-order valence-corrected chi connectivity index (χ4v) is 0. The normalized spacial score (nSPS) is 11.5. The Morgan fingerprint density at radius 3 is 0.636 bits per heavy atom. The summed E-state index contributed by atoms with van der Waals surface area (Å²) in [6.45, 7) is 8.94. The summed E-state index contributed by atoms with van der Waals surface area (Å²) in [7, 11) is -18.0. The Labute approximate surface area is 165 Å². The van der Waals surface area contributed by atoms with Crippen molar-refractivity contribution in [2.24, 2.45) is 5.41 Å². The van der Waals surface area contributed by atoms with Crippen molar-refractivity contribution in [3.8, 4) is 0 Å². The molecule has 136 valence electrons. The van der Waals surface area contributed by atoms with Crippen molar-refractivity contribution in [1.82, 2.24) is 0 Å². The maximum atomic E-state index is 9.75. The van der Waals surface area contributed by atoms with E-state index in [9.17, 15) is 51.8 Å². The van der Waals surface area contributed by atoms with Gasteiger partial charge >= 0.3 is 73.1 Å². The number of hydrogen-bond acceptors (Lipinski definition) is 0. The third-order valence-electron chi connectivity index (χ3n) is 1.06. The Hall–Kier alpha value is 0.991. The van der Waals surface area contributed by atoms with Crippen LogP contribution < -0.4 is 51.4 Å². The second kappa shape index (κ2) is 14.3. The first-order valence-electron chi connectivity index (χ1n) is 5.18. The van der Waals surface area contributed by atoms with Crippen molar-refractivity contribution in [3.05, 3.63) is 0 Å². The molecule has 0 heterocycles. The first-order chi connectivity index (χ1) is 8.56. The monoisotopic (exact) mass is 387 g/mol. The van der Waals surface area contributed by atoms with Gasteiger partial charge in [-0.1, -0.05) is 34.1 Å². The Balaban J connectivity index is -0.0000000408. The smallest absolute Gasteiger partial charge is 1.00 e. The van der Waals surface area contributed by atoms with Gasteiger partial charge in [0.05, 0.1) is 0 Å². The van der Waals surface area contributed by atoms with Crippen LogP contribution in [0, 0.1) is 5.41 Å². The Kier molecular flexibility index (Phi) is 22.4. The van der Waals surface area contributed by atoms with Crippen LogP contribution in [0.3, 0.4) is 0 Å². The molecule has 0 spiro atoms. The first-order valence-corrected chi connectivity index (χ1v) is 5.18. The average molecular weight is 387 g/mol. The Morgan fingerprint density at radius 2 is 0.636 bits per heavy atom. The summed E-state index contributed by atoms with van der Waals surface area (Å²) in [6.07, 6.45) is 1.27. The van der Waals surface area contributed by atoms with Crippen LogP contribution in [0.15, 0.2) is 0 Å². The molecule has 0 aromatic heterocycles. The molecule has 0 saturated heterocycles. The zero-order valence-electron chi connectivity index (χ0n) is 13.5. The third-order valence-corrected chi connectivity index (χ3v) is 1.06. The van der Waals surface area contributed by atoms with E-state index in [0.29, 0.717) is 5.41 Å². The van der Waals surface area contributed by atoms with Gasteiger partial charge in [-0.3, -0.25) is 0 Å². The van der Waals surface area contributed by atoms with Crippen LogP contribution in [0.5, 0.6) is 0 Å². The van der Waals surface area contributed by atoms with Gasteiger partial charge in [0.25, 0.3) is 0 Å². The number of rotatable bonds is 0. The quantitative estimate of drug-likeness (QED) is 0.442. The van der Waals surface area contributed by atoms with Gasteiger partial charge in [0.2, 0.25) is 0 Å².